The van der Waals surface area contributed by atoms with Gasteiger partial charge in [-0.05, 0) is 42.0 Å². The van der Waals surface area contributed by atoms with Crippen LogP contribution >= 0.6 is 0 Å². The summed E-state index contributed by atoms with van der Waals surface area (Å²) in [5, 5.41) is 0. The smallest absolute Gasteiger partial charge is 0.354 e. The van der Waals surface area contributed by atoms with Gasteiger partial charge in [0.05, 0.1) is 7.11 Å². The van der Waals surface area contributed by atoms with Gasteiger partial charge in [-0.2, -0.15) is 0 Å². The first-order chi connectivity index (χ1) is 11.0. The molecule has 0 radical (unpaired) electrons. The van der Waals surface area contributed by atoms with E-state index in [2.05, 4.69) is 4.98 Å². The van der Waals surface area contributed by atoms with E-state index in [9.17, 15) is 14.0 Å². The highest BCUT2D eigenvalue weighted by Crippen LogP contribution is 2.15. The van der Waals surface area contributed by atoms with E-state index in [4.69, 9.17) is 4.74 Å². The summed E-state index contributed by atoms with van der Waals surface area (Å²) in [6.45, 7) is 0. The minimum absolute atomic E-state index is 0.0508. The first kappa shape index (κ1) is 16.4. The van der Waals surface area contributed by atoms with Gasteiger partial charge in [-0.1, -0.05) is 6.07 Å². The maximum Gasteiger partial charge on any atom is 0.354 e. The molecule has 0 fully saturated rings. The Hall–Kier alpha value is -3.02. The second kappa shape index (κ2) is 7.31. The zero-order chi connectivity index (χ0) is 16.8. The number of amides is 1. The van der Waals surface area contributed by atoms with Crippen LogP contribution in [0, 0.1) is 5.82 Å². The van der Waals surface area contributed by atoms with Crippen molar-refractivity contribution in [2.24, 2.45) is 0 Å². The minimum atomic E-state index is -0.660. The summed E-state index contributed by atoms with van der Waals surface area (Å²) in [6.07, 6.45) is 4.65. The topological polar surface area (TPSA) is 59.5 Å². The molecular weight excluding hydrogens is 299 g/mol. The van der Waals surface area contributed by atoms with Gasteiger partial charge in [0.25, 0.3) is 5.91 Å². The van der Waals surface area contributed by atoms with Crippen molar-refractivity contribution in [1.82, 2.24) is 9.88 Å². The summed E-state index contributed by atoms with van der Waals surface area (Å²) in [6, 6.07) is 8.53. The molecule has 6 heteroatoms. The van der Waals surface area contributed by atoms with Crippen LogP contribution in [0.2, 0.25) is 0 Å². The standard InChI is InChI=1S/C17H15FN2O3/c1-20(16(21)13-5-7-14(18)8-6-13)15(17(22)23-2)10-12-4-3-9-19-11-12/h3-11H,1-2H3. The number of benzene rings is 1. The molecule has 5 nitrogen and oxygen atoms in total. The first-order valence-corrected chi connectivity index (χ1v) is 6.76. The Bertz CT molecular complexity index is 727. The molecule has 0 unspecified atom stereocenters. The van der Waals surface area contributed by atoms with E-state index in [0.29, 0.717) is 5.56 Å². The van der Waals surface area contributed by atoms with Crippen LogP contribution in [0.4, 0.5) is 4.39 Å². The molecule has 0 spiro atoms. The van der Waals surface area contributed by atoms with Crippen LogP contribution in [0.15, 0.2) is 54.5 Å². The van der Waals surface area contributed by atoms with Gasteiger partial charge in [-0.15, -0.1) is 0 Å². The molecule has 0 bridgehead atoms. The van der Waals surface area contributed by atoms with Crippen LogP contribution in [0.3, 0.4) is 0 Å². The molecule has 0 saturated heterocycles. The predicted octanol–water partition coefficient (Wildman–Crippen LogP) is 2.51. The Morgan fingerprint density at radius 1 is 1.22 bits per heavy atom. The van der Waals surface area contributed by atoms with Crippen molar-refractivity contribution in [2.75, 3.05) is 14.2 Å². The maximum absolute atomic E-state index is 13.0. The highest BCUT2D eigenvalue weighted by atomic mass is 19.1. The van der Waals surface area contributed by atoms with Crippen molar-refractivity contribution in [3.63, 3.8) is 0 Å². The van der Waals surface area contributed by atoms with E-state index in [1.54, 1.807) is 24.5 Å². The number of pyridine rings is 1. The number of ether oxygens (including phenoxy) is 1. The van der Waals surface area contributed by atoms with Gasteiger partial charge in [0.2, 0.25) is 0 Å². The second-order valence-corrected chi connectivity index (χ2v) is 4.68. The quantitative estimate of drug-likeness (QED) is 0.643. The lowest BCUT2D eigenvalue weighted by Crippen LogP contribution is -2.30. The molecule has 118 valence electrons. The molecule has 1 aromatic heterocycles. The number of aromatic nitrogens is 1. The summed E-state index contributed by atoms with van der Waals surface area (Å²) in [4.78, 5) is 29.5. The zero-order valence-electron chi connectivity index (χ0n) is 12.7. The lowest BCUT2D eigenvalue weighted by Gasteiger charge is -2.19. The average Bonchev–Trinajstić information content (AvgIpc) is 2.59. The summed E-state index contributed by atoms with van der Waals surface area (Å²) in [5.41, 5.74) is 0.955. The Morgan fingerprint density at radius 3 is 2.48 bits per heavy atom. The summed E-state index contributed by atoms with van der Waals surface area (Å²) < 4.78 is 17.7. The lowest BCUT2D eigenvalue weighted by atomic mass is 10.1. The van der Waals surface area contributed by atoms with Gasteiger partial charge in [0.15, 0.2) is 0 Å². The van der Waals surface area contributed by atoms with Gasteiger partial charge in [-0.25, -0.2) is 9.18 Å². The fraction of sp³-hybridized carbons (Fsp3) is 0.118. The fourth-order valence-corrected chi connectivity index (χ4v) is 1.91. The molecule has 0 aliphatic heterocycles. The summed E-state index contributed by atoms with van der Waals surface area (Å²) in [7, 11) is 2.68. The predicted molar refractivity (Wildman–Crippen MR) is 82.7 cm³/mol. The van der Waals surface area contributed by atoms with Gasteiger partial charge < -0.3 is 9.64 Å². The number of hydrogen-bond acceptors (Lipinski definition) is 4. The Kier molecular flexibility index (Phi) is 5.19. The Morgan fingerprint density at radius 2 is 1.91 bits per heavy atom. The molecule has 1 aromatic carbocycles. The minimum Gasteiger partial charge on any atom is -0.464 e. The number of hydrogen-bond donors (Lipinski definition) is 0. The highest BCUT2D eigenvalue weighted by Gasteiger charge is 2.22. The van der Waals surface area contributed by atoms with Crippen molar-refractivity contribution in [1.29, 1.82) is 0 Å². The second-order valence-electron chi connectivity index (χ2n) is 4.68. The molecule has 0 aliphatic rings. The number of methoxy groups -OCH3 is 1. The molecule has 1 amide bonds. The molecule has 1 heterocycles. The number of rotatable bonds is 4. The van der Waals surface area contributed by atoms with E-state index < -0.39 is 17.7 Å². The van der Waals surface area contributed by atoms with Gasteiger partial charge in [0, 0.05) is 25.0 Å². The van der Waals surface area contributed by atoms with Gasteiger partial charge >= 0.3 is 5.97 Å². The highest BCUT2D eigenvalue weighted by molar-refractivity contribution is 6.03. The monoisotopic (exact) mass is 314 g/mol. The average molecular weight is 314 g/mol. The van der Waals surface area contributed by atoms with Crippen molar-refractivity contribution < 1.29 is 18.7 Å². The van der Waals surface area contributed by atoms with Crippen LogP contribution in [0.1, 0.15) is 15.9 Å². The third kappa shape index (κ3) is 4.00. The SMILES string of the molecule is COC(=O)C(=Cc1cccnc1)N(C)C(=O)c1ccc(F)cc1. The Balaban J connectivity index is 2.35. The summed E-state index contributed by atoms with van der Waals surface area (Å²) >= 11 is 0. The number of nitrogens with zero attached hydrogens (tertiary/aromatic N) is 2. The number of carbonyl (C=O) groups is 2. The Labute approximate surface area is 133 Å². The number of halogens is 1. The van der Waals surface area contributed by atoms with Gasteiger partial charge in [0.1, 0.15) is 11.5 Å². The van der Waals surface area contributed by atoms with Crippen LogP contribution in [0.25, 0.3) is 6.08 Å². The van der Waals surface area contributed by atoms with Crippen LogP contribution in [-0.4, -0.2) is 35.9 Å². The third-order valence-corrected chi connectivity index (χ3v) is 3.14. The molecular formula is C17H15FN2O3. The van der Waals surface area contributed by atoms with E-state index in [1.165, 1.54) is 44.5 Å². The molecule has 0 atom stereocenters. The van der Waals surface area contributed by atoms with Gasteiger partial charge in [-0.3, -0.25) is 9.78 Å². The maximum atomic E-state index is 13.0. The van der Waals surface area contributed by atoms with E-state index >= 15 is 0 Å². The number of carbonyl (C=O) groups excluding carboxylic acids is 2. The first-order valence-electron chi connectivity index (χ1n) is 6.76. The van der Waals surface area contributed by atoms with Crippen molar-refractivity contribution in [3.05, 3.63) is 71.4 Å². The van der Waals surface area contributed by atoms with Crippen LogP contribution in [0.5, 0.6) is 0 Å². The van der Waals surface area contributed by atoms with Crippen molar-refractivity contribution in [3.8, 4) is 0 Å². The lowest BCUT2D eigenvalue weighted by molar-refractivity contribution is -0.137. The normalized spacial score (nSPS) is 11.0. The third-order valence-electron chi connectivity index (χ3n) is 3.14. The van der Waals surface area contributed by atoms with Crippen LogP contribution < -0.4 is 0 Å². The van der Waals surface area contributed by atoms with E-state index in [-0.39, 0.29) is 11.3 Å². The number of likely N-dealkylation sites (N-methyl/N-ethyl adjacent to an activating group) is 1. The molecule has 0 aliphatic carbocycles. The van der Waals surface area contributed by atoms with Crippen LogP contribution in [-0.2, 0) is 9.53 Å². The molecule has 23 heavy (non-hydrogen) atoms. The zero-order valence-corrected chi connectivity index (χ0v) is 12.7. The molecule has 0 saturated carbocycles. The molecule has 2 rings (SSSR count). The van der Waals surface area contributed by atoms with E-state index in [0.717, 1.165) is 4.90 Å². The molecule has 0 N–H and O–H groups in total. The largest absolute Gasteiger partial charge is 0.464 e. The van der Waals surface area contributed by atoms with E-state index in [1.807, 2.05) is 0 Å². The van der Waals surface area contributed by atoms with Crippen molar-refractivity contribution >= 4 is 18.0 Å². The number of esters is 1. The molecule has 2 aromatic rings. The van der Waals surface area contributed by atoms with Crippen molar-refractivity contribution in [2.45, 2.75) is 0 Å². The summed E-state index contributed by atoms with van der Waals surface area (Å²) in [5.74, 6) is -1.55. The fourth-order valence-electron chi connectivity index (χ4n) is 1.91.